The maximum absolute atomic E-state index is 9.87. The zero-order chi connectivity index (χ0) is 9.97. The molecule has 78 valence electrons. The third-order valence-corrected chi connectivity index (χ3v) is 3.76. The van der Waals surface area contributed by atoms with Gasteiger partial charge in [-0.05, 0) is 25.0 Å². The molecular weight excluding hydrogens is 220 g/mol. The predicted molar refractivity (Wildman–Crippen MR) is 57.9 cm³/mol. The second kappa shape index (κ2) is 4.62. The molecule has 2 heterocycles. The number of ether oxygens (including phenoxy) is 1. The standard InChI is InChI=1S/C10H13ClO2S/c11-10-4-3-9(14-10)8(12)6-7-2-1-5-13-7/h3-4,7-8,12H,1-2,5-6H2. The first-order valence-corrected chi connectivity index (χ1v) is 6.00. The summed E-state index contributed by atoms with van der Waals surface area (Å²) in [6, 6.07) is 3.70. The van der Waals surface area contributed by atoms with Crippen molar-refractivity contribution in [2.24, 2.45) is 0 Å². The van der Waals surface area contributed by atoms with Gasteiger partial charge in [0.2, 0.25) is 0 Å². The molecule has 1 N–H and O–H groups in total. The van der Waals surface area contributed by atoms with Crippen LogP contribution in [0.25, 0.3) is 0 Å². The topological polar surface area (TPSA) is 29.5 Å². The Balaban J connectivity index is 1.91. The van der Waals surface area contributed by atoms with Crippen LogP contribution >= 0.6 is 22.9 Å². The Bertz CT molecular complexity index is 294. The highest BCUT2D eigenvalue weighted by atomic mass is 35.5. The monoisotopic (exact) mass is 232 g/mol. The number of rotatable bonds is 3. The molecule has 14 heavy (non-hydrogen) atoms. The van der Waals surface area contributed by atoms with Gasteiger partial charge >= 0.3 is 0 Å². The van der Waals surface area contributed by atoms with E-state index >= 15 is 0 Å². The van der Waals surface area contributed by atoms with Gasteiger partial charge < -0.3 is 9.84 Å². The molecule has 1 aliphatic rings. The molecule has 0 bridgehead atoms. The van der Waals surface area contributed by atoms with E-state index in [4.69, 9.17) is 16.3 Å². The number of halogens is 1. The van der Waals surface area contributed by atoms with Gasteiger partial charge in [-0.2, -0.15) is 0 Å². The summed E-state index contributed by atoms with van der Waals surface area (Å²) >= 11 is 7.24. The maximum Gasteiger partial charge on any atom is 0.0932 e. The molecule has 2 atom stereocenters. The van der Waals surface area contributed by atoms with Crippen LogP contribution in [-0.2, 0) is 4.74 Å². The van der Waals surface area contributed by atoms with E-state index in [2.05, 4.69) is 0 Å². The van der Waals surface area contributed by atoms with E-state index in [0.29, 0.717) is 6.42 Å². The van der Waals surface area contributed by atoms with Crippen LogP contribution in [0, 0.1) is 0 Å². The zero-order valence-corrected chi connectivity index (χ0v) is 9.35. The number of hydrogen-bond donors (Lipinski definition) is 1. The van der Waals surface area contributed by atoms with Gasteiger partial charge in [0.25, 0.3) is 0 Å². The Labute approximate surface area is 92.5 Å². The van der Waals surface area contributed by atoms with Crippen molar-refractivity contribution in [1.29, 1.82) is 0 Å². The first kappa shape index (κ1) is 10.4. The number of aliphatic hydroxyl groups excluding tert-OH is 1. The van der Waals surface area contributed by atoms with E-state index in [9.17, 15) is 5.11 Å². The highest BCUT2D eigenvalue weighted by molar-refractivity contribution is 7.16. The van der Waals surface area contributed by atoms with Crippen molar-refractivity contribution in [2.75, 3.05) is 6.61 Å². The quantitative estimate of drug-likeness (QED) is 0.868. The van der Waals surface area contributed by atoms with E-state index in [-0.39, 0.29) is 6.10 Å². The fourth-order valence-corrected chi connectivity index (χ4v) is 2.76. The molecule has 4 heteroatoms. The van der Waals surface area contributed by atoms with Crippen LogP contribution in [0.1, 0.15) is 30.2 Å². The van der Waals surface area contributed by atoms with Crippen molar-refractivity contribution in [1.82, 2.24) is 0 Å². The molecule has 1 aromatic heterocycles. The minimum Gasteiger partial charge on any atom is -0.387 e. The van der Waals surface area contributed by atoms with Gasteiger partial charge in [0.05, 0.1) is 16.5 Å². The molecule has 1 saturated heterocycles. The van der Waals surface area contributed by atoms with Crippen molar-refractivity contribution in [3.63, 3.8) is 0 Å². The van der Waals surface area contributed by atoms with Crippen molar-refractivity contribution in [3.05, 3.63) is 21.3 Å². The van der Waals surface area contributed by atoms with Crippen molar-refractivity contribution < 1.29 is 9.84 Å². The second-order valence-electron chi connectivity index (χ2n) is 3.53. The molecule has 2 nitrogen and oxygen atoms in total. The smallest absolute Gasteiger partial charge is 0.0932 e. The lowest BCUT2D eigenvalue weighted by Gasteiger charge is -2.13. The number of hydrogen-bond acceptors (Lipinski definition) is 3. The second-order valence-corrected chi connectivity index (χ2v) is 5.28. The number of aliphatic hydroxyl groups is 1. The van der Waals surface area contributed by atoms with Gasteiger partial charge in [-0.15, -0.1) is 11.3 Å². The lowest BCUT2D eigenvalue weighted by Crippen LogP contribution is -2.10. The fourth-order valence-electron chi connectivity index (χ4n) is 1.70. The van der Waals surface area contributed by atoms with Gasteiger partial charge in [0.1, 0.15) is 0 Å². The lowest BCUT2D eigenvalue weighted by atomic mass is 10.1. The fraction of sp³-hybridized carbons (Fsp3) is 0.600. The summed E-state index contributed by atoms with van der Waals surface area (Å²) in [5.41, 5.74) is 0. The molecule has 0 amide bonds. The lowest BCUT2D eigenvalue weighted by molar-refractivity contribution is 0.0548. The van der Waals surface area contributed by atoms with E-state index in [1.807, 2.05) is 12.1 Å². The van der Waals surface area contributed by atoms with Gasteiger partial charge in [-0.3, -0.25) is 0 Å². The Morgan fingerprint density at radius 1 is 1.64 bits per heavy atom. The molecule has 1 aromatic rings. The van der Waals surface area contributed by atoms with Crippen LogP contribution in [0.3, 0.4) is 0 Å². The van der Waals surface area contributed by atoms with Crippen LogP contribution in [0.5, 0.6) is 0 Å². The van der Waals surface area contributed by atoms with Crippen molar-refractivity contribution in [2.45, 2.75) is 31.5 Å². The van der Waals surface area contributed by atoms with Gasteiger partial charge in [-0.25, -0.2) is 0 Å². The van der Waals surface area contributed by atoms with Crippen LogP contribution in [0.2, 0.25) is 4.34 Å². The SMILES string of the molecule is OC(CC1CCCO1)c1ccc(Cl)s1. The third-order valence-electron chi connectivity index (χ3n) is 2.43. The largest absolute Gasteiger partial charge is 0.387 e. The summed E-state index contributed by atoms with van der Waals surface area (Å²) in [5, 5.41) is 9.87. The summed E-state index contributed by atoms with van der Waals surface area (Å²) in [6.07, 6.45) is 2.68. The van der Waals surface area contributed by atoms with Gasteiger partial charge in [0.15, 0.2) is 0 Å². The normalized spacial score (nSPS) is 24.0. The first-order valence-electron chi connectivity index (χ1n) is 4.80. The van der Waals surface area contributed by atoms with Crippen molar-refractivity contribution in [3.8, 4) is 0 Å². The highest BCUT2D eigenvalue weighted by Crippen LogP contribution is 2.31. The van der Waals surface area contributed by atoms with E-state index in [0.717, 1.165) is 28.7 Å². The molecule has 0 saturated carbocycles. The Morgan fingerprint density at radius 3 is 3.07 bits per heavy atom. The minimum absolute atomic E-state index is 0.228. The molecule has 0 spiro atoms. The minimum atomic E-state index is -0.421. The molecular formula is C10H13ClO2S. The Kier molecular flexibility index (Phi) is 3.44. The molecule has 0 radical (unpaired) electrons. The van der Waals surface area contributed by atoms with Gasteiger partial charge in [0, 0.05) is 17.9 Å². The van der Waals surface area contributed by atoms with Crippen LogP contribution in [0.15, 0.2) is 12.1 Å². The average Bonchev–Trinajstić information content (AvgIpc) is 2.75. The van der Waals surface area contributed by atoms with Crippen LogP contribution < -0.4 is 0 Å². The number of thiophene rings is 1. The van der Waals surface area contributed by atoms with E-state index in [1.54, 1.807) is 0 Å². The summed E-state index contributed by atoms with van der Waals surface area (Å²) in [6.45, 7) is 0.836. The Hall–Kier alpha value is -0.0900. The molecule has 1 fully saturated rings. The zero-order valence-electron chi connectivity index (χ0n) is 7.78. The highest BCUT2D eigenvalue weighted by Gasteiger charge is 2.21. The van der Waals surface area contributed by atoms with E-state index < -0.39 is 6.10 Å². The predicted octanol–water partition coefficient (Wildman–Crippen LogP) is 3.00. The van der Waals surface area contributed by atoms with E-state index in [1.165, 1.54) is 11.3 Å². The van der Waals surface area contributed by atoms with Crippen molar-refractivity contribution >= 4 is 22.9 Å². The molecule has 2 rings (SSSR count). The van der Waals surface area contributed by atoms with Gasteiger partial charge in [-0.1, -0.05) is 11.6 Å². The summed E-state index contributed by atoms with van der Waals surface area (Å²) in [7, 11) is 0. The summed E-state index contributed by atoms with van der Waals surface area (Å²) in [5.74, 6) is 0. The maximum atomic E-state index is 9.87. The van der Waals surface area contributed by atoms with Crippen LogP contribution in [-0.4, -0.2) is 17.8 Å². The molecule has 0 aliphatic carbocycles. The first-order chi connectivity index (χ1) is 6.75. The third kappa shape index (κ3) is 2.48. The molecule has 1 aliphatic heterocycles. The van der Waals surface area contributed by atoms with Crippen LogP contribution in [0.4, 0.5) is 0 Å². The summed E-state index contributed by atoms with van der Waals surface area (Å²) < 4.78 is 6.19. The molecule has 2 unspecified atom stereocenters. The Morgan fingerprint density at radius 2 is 2.50 bits per heavy atom. The summed E-state index contributed by atoms with van der Waals surface area (Å²) in [4.78, 5) is 0.936. The average molecular weight is 233 g/mol. The molecule has 0 aromatic carbocycles.